The van der Waals surface area contributed by atoms with Gasteiger partial charge in [-0.3, -0.25) is 0 Å². The molecule has 1 aliphatic carbocycles. The number of nitrogens with one attached hydrogen (secondary N) is 2. The van der Waals surface area contributed by atoms with Gasteiger partial charge in [-0.05, 0) is 55.3 Å². The van der Waals surface area contributed by atoms with Crippen LogP contribution < -0.4 is 10.6 Å². The molecule has 1 aromatic rings. The summed E-state index contributed by atoms with van der Waals surface area (Å²) in [6, 6.07) is 6.36. The highest BCUT2D eigenvalue weighted by Gasteiger charge is 2.19. The Hall–Kier alpha value is -2.52. The quantitative estimate of drug-likeness (QED) is 0.749. The number of urea groups is 1. The van der Waals surface area contributed by atoms with Crippen LogP contribution in [0.25, 0.3) is 0 Å². The summed E-state index contributed by atoms with van der Waals surface area (Å²) in [6.45, 7) is -1.22. The molecule has 1 unspecified atom stereocenters. The number of ether oxygens (including phenoxy) is 1. The van der Waals surface area contributed by atoms with E-state index < -0.39 is 23.6 Å². The van der Waals surface area contributed by atoms with Crippen molar-refractivity contribution in [2.75, 3.05) is 18.4 Å². The zero-order chi connectivity index (χ0) is 19.9. The lowest BCUT2D eigenvalue weighted by Crippen LogP contribution is -2.27. The number of halogens is 2. The molecule has 1 heterocycles. The summed E-state index contributed by atoms with van der Waals surface area (Å²) in [5.41, 5.74) is 0.993. The largest absolute Gasteiger partial charge is 0.439 e. The molecule has 0 radical (unpaired) electrons. The first-order valence-electron chi connectivity index (χ1n) is 8.88. The summed E-state index contributed by atoms with van der Waals surface area (Å²) in [5, 5.41) is 5.31. The normalized spacial score (nSPS) is 18.2. The predicted molar refractivity (Wildman–Crippen MR) is 103 cm³/mol. The molecule has 1 aliphatic heterocycles. The molecule has 0 aromatic heterocycles. The van der Waals surface area contributed by atoms with Crippen LogP contribution in [0.1, 0.15) is 19.3 Å². The third kappa shape index (κ3) is 5.74. The monoisotopic (exact) mass is 409 g/mol. The topological polar surface area (TPSA) is 70.7 Å². The molecule has 1 saturated heterocycles. The van der Waals surface area contributed by atoms with Crippen molar-refractivity contribution in [1.82, 2.24) is 9.62 Å². The lowest BCUT2D eigenvalue weighted by molar-refractivity contribution is -0.0971. The van der Waals surface area contributed by atoms with E-state index in [2.05, 4.69) is 15.4 Å². The van der Waals surface area contributed by atoms with Crippen LogP contribution in [-0.2, 0) is 15.7 Å². The van der Waals surface area contributed by atoms with E-state index in [0.29, 0.717) is 16.3 Å². The van der Waals surface area contributed by atoms with Crippen molar-refractivity contribution in [2.24, 2.45) is 0 Å². The molecular weight excluding hydrogens is 388 g/mol. The van der Waals surface area contributed by atoms with E-state index in [-0.39, 0.29) is 12.2 Å². The van der Waals surface area contributed by atoms with Crippen LogP contribution in [0.3, 0.4) is 0 Å². The highest BCUT2D eigenvalue weighted by molar-refractivity contribution is 7.82. The number of carbonyl (C=O) groups is 1. The summed E-state index contributed by atoms with van der Waals surface area (Å²) in [7, 11) is -1.18. The van der Waals surface area contributed by atoms with Crippen molar-refractivity contribution < 1.29 is 22.5 Å². The summed E-state index contributed by atoms with van der Waals surface area (Å²) >= 11 is 0. The number of anilines is 1. The average Bonchev–Trinajstić information content (AvgIpc) is 3.12. The number of amides is 2. The first-order chi connectivity index (χ1) is 13.5. The highest BCUT2D eigenvalue weighted by Crippen LogP contribution is 2.19. The Morgan fingerprint density at radius 2 is 1.82 bits per heavy atom. The summed E-state index contributed by atoms with van der Waals surface area (Å²) in [6.07, 6.45) is 8.44. The van der Waals surface area contributed by atoms with Crippen molar-refractivity contribution in [1.29, 1.82) is 0 Å². The van der Waals surface area contributed by atoms with E-state index in [1.54, 1.807) is 36.4 Å². The Labute approximate surface area is 164 Å². The molecule has 0 bridgehead atoms. The third-order valence-corrected chi connectivity index (χ3v) is 5.69. The van der Waals surface area contributed by atoms with Crippen LogP contribution in [0, 0.1) is 0 Å². The average molecular weight is 409 g/mol. The molecule has 150 valence electrons. The number of carbonyl (C=O) groups excluding carboxylic acids is 1. The van der Waals surface area contributed by atoms with Gasteiger partial charge in [-0.15, -0.1) is 0 Å². The zero-order valence-corrected chi connectivity index (χ0v) is 15.9. The standard InChI is InChI=1S/C19H21F2N3O3S/c20-18(21)27-16-5-3-4-14(6-9-16)22-19(25)23-15-7-10-17(11-8-15)28(26)24-12-1-2-13-24/h3-4,6-11,18H,1-2,5,12-13H2,(H2,22,23,25). The SMILES string of the molecule is O=C(NC1=CC=C(OC(F)F)CC=C1)Nc1ccc(S(=O)N2CCCC2)cc1. The summed E-state index contributed by atoms with van der Waals surface area (Å²) in [5.74, 6) is 0.116. The summed E-state index contributed by atoms with van der Waals surface area (Å²) in [4.78, 5) is 12.8. The van der Waals surface area contributed by atoms with E-state index >= 15 is 0 Å². The van der Waals surface area contributed by atoms with Crippen molar-refractivity contribution in [3.05, 3.63) is 60.0 Å². The molecule has 28 heavy (non-hydrogen) atoms. The van der Waals surface area contributed by atoms with Gasteiger partial charge in [0.1, 0.15) is 16.7 Å². The van der Waals surface area contributed by atoms with Gasteiger partial charge < -0.3 is 15.4 Å². The second kappa shape index (κ2) is 9.61. The number of alkyl halides is 2. The smallest absolute Gasteiger partial charge is 0.387 e. The first kappa shape index (κ1) is 20.2. The fraction of sp³-hybridized carbons (Fsp3) is 0.316. The fourth-order valence-corrected chi connectivity index (χ4v) is 4.10. The van der Waals surface area contributed by atoms with Crippen LogP contribution in [0.4, 0.5) is 19.3 Å². The van der Waals surface area contributed by atoms with Crippen LogP contribution >= 0.6 is 0 Å². The van der Waals surface area contributed by atoms with E-state index in [4.69, 9.17) is 0 Å². The molecule has 1 atom stereocenters. The van der Waals surface area contributed by atoms with Gasteiger partial charge in [0.25, 0.3) is 0 Å². The molecule has 2 aliphatic rings. The minimum atomic E-state index is -2.88. The Kier molecular flexibility index (Phi) is 6.94. The predicted octanol–water partition coefficient (Wildman–Crippen LogP) is 3.89. The van der Waals surface area contributed by atoms with Crippen LogP contribution in [-0.4, -0.2) is 34.2 Å². The number of rotatable bonds is 6. The second-order valence-electron chi connectivity index (χ2n) is 6.23. The fourth-order valence-electron chi connectivity index (χ4n) is 2.84. The first-order valence-corrected chi connectivity index (χ1v) is 9.99. The Morgan fingerprint density at radius 1 is 1.11 bits per heavy atom. The van der Waals surface area contributed by atoms with Gasteiger partial charge in [-0.2, -0.15) is 8.78 Å². The van der Waals surface area contributed by atoms with Crippen molar-refractivity contribution >= 4 is 22.7 Å². The number of benzene rings is 1. The summed E-state index contributed by atoms with van der Waals surface area (Å²) < 4.78 is 43.2. The van der Waals surface area contributed by atoms with Crippen LogP contribution in [0.15, 0.2) is 64.9 Å². The lowest BCUT2D eigenvalue weighted by atomic mass is 10.3. The minimum absolute atomic E-state index is 0.116. The molecule has 1 fully saturated rings. The van der Waals surface area contributed by atoms with E-state index in [1.165, 1.54) is 12.2 Å². The van der Waals surface area contributed by atoms with Crippen LogP contribution in [0.2, 0.25) is 0 Å². The van der Waals surface area contributed by atoms with Gasteiger partial charge in [0.2, 0.25) is 0 Å². The minimum Gasteiger partial charge on any atom is -0.439 e. The zero-order valence-electron chi connectivity index (χ0n) is 15.1. The van der Waals surface area contributed by atoms with Gasteiger partial charge in [0.15, 0.2) is 0 Å². The third-order valence-electron chi connectivity index (χ3n) is 4.18. The van der Waals surface area contributed by atoms with Crippen molar-refractivity contribution in [2.45, 2.75) is 30.8 Å². The highest BCUT2D eigenvalue weighted by atomic mass is 32.2. The number of hydrogen-bond acceptors (Lipinski definition) is 3. The van der Waals surface area contributed by atoms with Gasteiger partial charge in [0, 0.05) is 30.9 Å². The van der Waals surface area contributed by atoms with Crippen LogP contribution in [0.5, 0.6) is 0 Å². The maximum atomic E-state index is 12.4. The van der Waals surface area contributed by atoms with E-state index in [9.17, 15) is 17.8 Å². The lowest BCUT2D eigenvalue weighted by Gasteiger charge is -2.14. The van der Waals surface area contributed by atoms with Gasteiger partial charge in [-0.1, -0.05) is 6.08 Å². The number of hydrogen-bond donors (Lipinski definition) is 2. The molecule has 3 rings (SSSR count). The molecule has 0 saturated carbocycles. The maximum Gasteiger partial charge on any atom is 0.387 e. The molecule has 0 spiro atoms. The van der Waals surface area contributed by atoms with Gasteiger partial charge >= 0.3 is 12.6 Å². The Bertz CT molecular complexity index is 816. The molecule has 2 amide bonds. The van der Waals surface area contributed by atoms with E-state index in [0.717, 1.165) is 25.9 Å². The second-order valence-corrected chi connectivity index (χ2v) is 7.71. The van der Waals surface area contributed by atoms with Crippen molar-refractivity contribution in [3.8, 4) is 0 Å². The van der Waals surface area contributed by atoms with Gasteiger partial charge in [0.05, 0.1) is 4.90 Å². The number of allylic oxidation sites excluding steroid dienone is 4. The molecule has 6 nitrogen and oxygen atoms in total. The maximum absolute atomic E-state index is 12.4. The van der Waals surface area contributed by atoms with E-state index in [1.807, 2.05) is 4.31 Å². The molecule has 1 aromatic carbocycles. The molecule has 2 N–H and O–H groups in total. The Balaban J connectivity index is 1.55. The van der Waals surface area contributed by atoms with Gasteiger partial charge in [-0.25, -0.2) is 13.3 Å². The molecular formula is C19H21F2N3O3S. The number of nitrogens with zero attached hydrogens (tertiary/aromatic N) is 1. The Morgan fingerprint density at radius 3 is 2.50 bits per heavy atom. The van der Waals surface area contributed by atoms with Crippen molar-refractivity contribution in [3.63, 3.8) is 0 Å². The molecule has 9 heteroatoms.